The minimum absolute atomic E-state index is 0.0411. The fraction of sp³-hybridized carbons (Fsp3) is 0.333. The molecule has 2 aromatic rings. The van der Waals surface area contributed by atoms with Crippen molar-refractivity contribution in [2.45, 2.75) is 31.8 Å². The molecule has 0 spiro atoms. The van der Waals surface area contributed by atoms with Gasteiger partial charge in [0.15, 0.2) is 0 Å². The lowest BCUT2D eigenvalue weighted by atomic mass is 10.0. The summed E-state index contributed by atoms with van der Waals surface area (Å²) in [7, 11) is 0. The monoisotopic (exact) mass is 287 g/mol. The zero-order chi connectivity index (χ0) is 15.1. The van der Waals surface area contributed by atoms with Crippen LogP contribution >= 0.6 is 0 Å². The minimum Gasteiger partial charge on any atom is -0.395 e. The second-order valence-corrected chi connectivity index (χ2v) is 5.25. The molecule has 0 bridgehead atoms. The first-order valence-electron chi connectivity index (χ1n) is 7.39. The van der Waals surface area contributed by atoms with E-state index in [4.69, 9.17) is 0 Å². The molecule has 0 aromatic heterocycles. The van der Waals surface area contributed by atoms with E-state index < -0.39 is 0 Å². The molecule has 0 aliphatic heterocycles. The number of aliphatic hydroxyl groups excluding tert-OH is 1. The summed E-state index contributed by atoms with van der Waals surface area (Å²) in [4.78, 5) is 0. The number of rotatable bonds is 7. The van der Waals surface area contributed by atoms with Crippen molar-refractivity contribution in [3.8, 4) is 0 Å². The first-order chi connectivity index (χ1) is 10.2. The first kappa shape index (κ1) is 15.7. The van der Waals surface area contributed by atoms with Gasteiger partial charge in [0, 0.05) is 12.1 Å². The van der Waals surface area contributed by atoms with E-state index in [9.17, 15) is 9.50 Å². The van der Waals surface area contributed by atoms with Crippen molar-refractivity contribution in [1.29, 1.82) is 0 Å². The van der Waals surface area contributed by atoms with E-state index in [1.807, 2.05) is 36.4 Å². The van der Waals surface area contributed by atoms with Crippen LogP contribution in [0.3, 0.4) is 0 Å². The summed E-state index contributed by atoms with van der Waals surface area (Å²) in [5, 5.41) is 13.0. The number of benzene rings is 2. The summed E-state index contributed by atoms with van der Waals surface area (Å²) in [5.74, 6) is -0.226. The molecule has 2 atom stereocenters. The Morgan fingerprint density at radius 3 is 2.48 bits per heavy atom. The summed E-state index contributed by atoms with van der Waals surface area (Å²) < 4.78 is 13.4. The summed E-state index contributed by atoms with van der Waals surface area (Å²) in [6.45, 7) is 2.11. The normalized spacial score (nSPS) is 13.9. The van der Waals surface area contributed by atoms with E-state index in [2.05, 4.69) is 12.2 Å². The number of halogens is 1. The number of hydrogen-bond acceptors (Lipinski definition) is 2. The van der Waals surface area contributed by atoms with Gasteiger partial charge in [-0.15, -0.1) is 0 Å². The highest BCUT2D eigenvalue weighted by atomic mass is 19.1. The lowest BCUT2D eigenvalue weighted by Crippen LogP contribution is -2.37. The summed E-state index contributed by atoms with van der Waals surface area (Å²) in [6.07, 6.45) is 1.60. The Balaban J connectivity index is 2.05. The molecule has 112 valence electrons. The van der Waals surface area contributed by atoms with Gasteiger partial charge in [0.1, 0.15) is 5.82 Å². The predicted molar refractivity (Wildman–Crippen MR) is 83.6 cm³/mol. The molecule has 3 heteroatoms. The lowest BCUT2D eigenvalue weighted by Gasteiger charge is -2.24. The van der Waals surface area contributed by atoms with Crippen molar-refractivity contribution in [3.05, 3.63) is 71.5 Å². The molecule has 0 fully saturated rings. The van der Waals surface area contributed by atoms with Gasteiger partial charge >= 0.3 is 0 Å². The molecule has 21 heavy (non-hydrogen) atoms. The molecular formula is C18H22FNO. The quantitative estimate of drug-likeness (QED) is 0.817. The summed E-state index contributed by atoms with van der Waals surface area (Å²) in [5.41, 5.74) is 2.10. The van der Waals surface area contributed by atoms with Crippen LogP contribution in [-0.2, 0) is 6.42 Å². The Morgan fingerprint density at radius 1 is 1.10 bits per heavy atom. The fourth-order valence-electron chi connectivity index (χ4n) is 2.53. The van der Waals surface area contributed by atoms with Crippen LogP contribution in [0.25, 0.3) is 0 Å². The van der Waals surface area contributed by atoms with Crippen LogP contribution in [0.1, 0.15) is 30.5 Å². The van der Waals surface area contributed by atoms with E-state index in [0.717, 1.165) is 18.4 Å². The molecule has 0 saturated carbocycles. The third kappa shape index (κ3) is 4.66. The molecular weight excluding hydrogens is 265 g/mol. The van der Waals surface area contributed by atoms with Gasteiger partial charge in [-0.25, -0.2) is 4.39 Å². The van der Waals surface area contributed by atoms with Gasteiger partial charge in [-0.1, -0.05) is 49.4 Å². The first-order valence-corrected chi connectivity index (χ1v) is 7.39. The SMILES string of the molecule is CCC(NC(CO)Cc1ccccc1)c1cccc(F)c1. The maximum Gasteiger partial charge on any atom is 0.123 e. The highest BCUT2D eigenvalue weighted by molar-refractivity contribution is 5.21. The number of nitrogens with one attached hydrogen (secondary N) is 1. The van der Waals surface area contributed by atoms with Gasteiger partial charge in [-0.3, -0.25) is 0 Å². The van der Waals surface area contributed by atoms with Crippen LogP contribution < -0.4 is 5.32 Å². The van der Waals surface area contributed by atoms with Crippen LogP contribution in [-0.4, -0.2) is 17.8 Å². The minimum atomic E-state index is -0.226. The van der Waals surface area contributed by atoms with Crippen LogP contribution in [0.5, 0.6) is 0 Å². The molecule has 0 aliphatic rings. The van der Waals surface area contributed by atoms with Crippen molar-refractivity contribution in [1.82, 2.24) is 5.32 Å². The Labute approximate surface area is 125 Å². The van der Waals surface area contributed by atoms with Crippen molar-refractivity contribution < 1.29 is 9.50 Å². The smallest absolute Gasteiger partial charge is 0.123 e. The average Bonchev–Trinajstić information content (AvgIpc) is 2.52. The average molecular weight is 287 g/mol. The van der Waals surface area contributed by atoms with Gasteiger partial charge in [-0.05, 0) is 36.1 Å². The highest BCUT2D eigenvalue weighted by Crippen LogP contribution is 2.19. The second kappa shape index (κ2) is 7.91. The summed E-state index contributed by atoms with van der Waals surface area (Å²) >= 11 is 0. The van der Waals surface area contributed by atoms with Crippen molar-refractivity contribution in [3.63, 3.8) is 0 Å². The van der Waals surface area contributed by atoms with Crippen molar-refractivity contribution in [2.24, 2.45) is 0 Å². The maximum absolute atomic E-state index is 13.4. The number of aliphatic hydroxyl groups is 1. The second-order valence-electron chi connectivity index (χ2n) is 5.25. The Morgan fingerprint density at radius 2 is 1.86 bits per heavy atom. The van der Waals surface area contributed by atoms with Gasteiger partial charge in [0.05, 0.1) is 6.61 Å². The van der Waals surface area contributed by atoms with Crippen LogP contribution in [0.4, 0.5) is 4.39 Å². The van der Waals surface area contributed by atoms with E-state index in [1.165, 1.54) is 11.6 Å². The van der Waals surface area contributed by atoms with Crippen molar-refractivity contribution in [2.75, 3.05) is 6.61 Å². The van der Waals surface area contributed by atoms with Crippen molar-refractivity contribution >= 4 is 0 Å². The molecule has 2 aromatic carbocycles. The van der Waals surface area contributed by atoms with E-state index in [-0.39, 0.29) is 24.5 Å². The maximum atomic E-state index is 13.4. The standard InChI is InChI=1S/C18H22FNO/c1-2-18(15-9-6-10-16(19)12-15)20-17(13-21)11-14-7-4-3-5-8-14/h3-10,12,17-18,20-21H,2,11,13H2,1H3. The molecule has 0 saturated heterocycles. The van der Waals surface area contributed by atoms with Gasteiger partial charge in [0.2, 0.25) is 0 Å². The zero-order valence-electron chi connectivity index (χ0n) is 12.3. The molecule has 2 unspecified atom stereocenters. The van der Waals surface area contributed by atoms with Gasteiger partial charge in [0.25, 0.3) is 0 Å². The molecule has 0 aliphatic carbocycles. The number of hydrogen-bond donors (Lipinski definition) is 2. The van der Waals surface area contributed by atoms with Gasteiger partial charge < -0.3 is 10.4 Å². The van der Waals surface area contributed by atoms with Gasteiger partial charge in [-0.2, -0.15) is 0 Å². The zero-order valence-corrected chi connectivity index (χ0v) is 12.3. The molecule has 0 radical (unpaired) electrons. The lowest BCUT2D eigenvalue weighted by molar-refractivity contribution is 0.229. The molecule has 2 rings (SSSR count). The molecule has 0 amide bonds. The van der Waals surface area contributed by atoms with Crippen LogP contribution in [0.2, 0.25) is 0 Å². The Hall–Kier alpha value is -1.71. The predicted octanol–water partition coefficient (Wildman–Crippen LogP) is 3.47. The largest absolute Gasteiger partial charge is 0.395 e. The Bertz CT molecular complexity index is 544. The summed E-state index contributed by atoms with van der Waals surface area (Å²) in [6, 6.07) is 16.7. The molecule has 2 nitrogen and oxygen atoms in total. The van der Waals surface area contributed by atoms with E-state index >= 15 is 0 Å². The van der Waals surface area contributed by atoms with E-state index in [1.54, 1.807) is 12.1 Å². The third-order valence-electron chi connectivity index (χ3n) is 3.64. The third-order valence-corrected chi connectivity index (χ3v) is 3.64. The van der Waals surface area contributed by atoms with Crippen LogP contribution in [0, 0.1) is 5.82 Å². The Kier molecular flexibility index (Phi) is 5.90. The van der Waals surface area contributed by atoms with E-state index in [0.29, 0.717) is 0 Å². The fourth-order valence-corrected chi connectivity index (χ4v) is 2.53. The molecule has 0 heterocycles. The van der Waals surface area contributed by atoms with Crippen LogP contribution in [0.15, 0.2) is 54.6 Å². The molecule has 2 N–H and O–H groups in total. The highest BCUT2D eigenvalue weighted by Gasteiger charge is 2.16. The topological polar surface area (TPSA) is 32.3 Å².